The summed E-state index contributed by atoms with van der Waals surface area (Å²) in [6.45, 7) is 2.23. The molecule has 5 rings (SSSR count). The second kappa shape index (κ2) is 10.5. The fourth-order valence-corrected chi connectivity index (χ4v) is 7.22. The molecule has 3 aromatic rings. The van der Waals surface area contributed by atoms with Crippen LogP contribution in [-0.4, -0.2) is 47.2 Å². The largest absolute Gasteiger partial charge is 0.508 e. The van der Waals surface area contributed by atoms with E-state index in [1.54, 1.807) is 12.1 Å². The highest BCUT2D eigenvalue weighted by Crippen LogP contribution is 2.44. The summed E-state index contributed by atoms with van der Waals surface area (Å²) in [6.07, 6.45) is 3.51. The maximum atomic E-state index is 12.2. The second-order valence-corrected chi connectivity index (χ2v) is 13.5. The first-order valence-corrected chi connectivity index (χ1v) is 15.8. The maximum absolute atomic E-state index is 12.2. The minimum absolute atomic E-state index is 0.0640. The summed E-state index contributed by atoms with van der Waals surface area (Å²) in [7, 11) is -4.54. The standard InChI is InChI=1S/C28H30N2O6S2/c1-17-19(11-12-28(29-17)36-13-4-14-38(2,34)35)21-5-3-6-22-20(9-10-23(21)22)18-7-8-24(25(31)15-18)26-16-27(32)30-37(26)33/h3,5-8,11-12,15,20,26,31H,4,9-10,13-14,16H2,1-2H3,(H,30,32). The number of nitrogens with one attached hydrogen (secondary N) is 1. The van der Waals surface area contributed by atoms with Crippen LogP contribution >= 0.6 is 0 Å². The number of benzene rings is 2. The minimum Gasteiger partial charge on any atom is -0.508 e. The van der Waals surface area contributed by atoms with E-state index in [-0.39, 0.29) is 36.4 Å². The van der Waals surface area contributed by atoms with Gasteiger partial charge in [-0.1, -0.05) is 30.3 Å². The van der Waals surface area contributed by atoms with Crippen LogP contribution in [0.25, 0.3) is 11.1 Å². The Morgan fingerprint density at radius 3 is 2.63 bits per heavy atom. The summed E-state index contributed by atoms with van der Waals surface area (Å²) < 4.78 is 42.9. The Morgan fingerprint density at radius 2 is 1.95 bits per heavy atom. The first-order chi connectivity index (χ1) is 18.1. The summed E-state index contributed by atoms with van der Waals surface area (Å²) in [4.78, 5) is 16.2. The molecule has 10 heteroatoms. The molecule has 0 saturated carbocycles. The van der Waals surface area contributed by atoms with Crippen LogP contribution in [0.3, 0.4) is 0 Å². The van der Waals surface area contributed by atoms with Crippen molar-refractivity contribution in [3.8, 4) is 22.8 Å². The highest BCUT2D eigenvalue weighted by molar-refractivity contribution is 7.90. The summed E-state index contributed by atoms with van der Waals surface area (Å²) in [5.74, 6) is 0.462. The number of sulfone groups is 1. The fourth-order valence-electron chi connectivity index (χ4n) is 5.40. The normalized spacial score (nSPS) is 20.8. The SMILES string of the molecule is Cc1nc(OCCCS(C)(=O)=O)ccc1-c1cccc2c1CCC2c1ccc(C2CC(=O)NS2=O)c(O)c1. The molecule has 0 bridgehead atoms. The number of rotatable bonds is 8. The Bertz CT molecular complexity index is 1540. The molecule has 1 saturated heterocycles. The second-order valence-electron chi connectivity index (χ2n) is 9.91. The molecule has 1 aromatic heterocycles. The van der Waals surface area contributed by atoms with Crippen LogP contribution in [0.1, 0.15) is 58.4 Å². The number of pyridine rings is 1. The summed E-state index contributed by atoms with van der Waals surface area (Å²) in [5, 5.41) is 10.2. The number of amides is 1. The van der Waals surface area contributed by atoms with E-state index in [9.17, 15) is 22.5 Å². The van der Waals surface area contributed by atoms with Crippen molar-refractivity contribution in [3.05, 3.63) is 76.5 Å². The van der Waals surface area contributed by atoms with Gasteiger partial charge in [-0.25, -0.2) is 17.6 Å². The maximum Gasteiger partial charge on any atom is 0.233 e. The van der Waals surface area contributed by atoms with Crippen molar-refractivity contribution in [3.63, 3.8) is 0 Å². The van der Waals surface area contributed by atoms with Gasteiger partial charge in [0.2, 0.25) is 11.8 Å². The number of ether oxygens (including phenoxy) is 1. The topological polar surface area (TPSA) is 123 Å². The zero-order chi connectivity index (χ0) is 27.0. The van der Waals surface area contributed by atoms with Crippen LogP contribution in [-0.2, 0) is 32.0 Å². The van der Waals surface area contributed by atoms with Gasteiger partial charge in [0.05, 0.1) is 17.6 Å². The van der Waals surface area contributed by atoms with Gasteiger partial charge in [0.15, 0.2) is 0 Å². The van der Waals surface area contributed by atoms with Crippen molar-refractivity contribution in [1.29, 1.82) is 0 Å². The molecular formula is C28H30N2O6S2. The van der Waals surface area contributed by atoms with Crippen molar-refractivity contribution in [2.45, 2.75) is 43.8 Å². The number of phenolic OH excluding ortho intramolecular Hbond substituents is 1. The predicted octanol–water partition coefficient (Wildman–Crippen LogP) is 3.88. The van der Waals surface area contributed by atoms with Crippen LogP contribution < -0.4 is 9.46 Å². The molecule has 2 aromatic carbocycles. The van der Waals surface area contributed by atoms with Gasteiger partial charge in [-0.15, -0.1) is 0 Å². The van der Waals surface area contributed by atoms with Gasteiger partial charge >= 0.3 is 0 Å². The first kappa shape index (κ1) is 26.4. The van der Waals surface area contributed by atoms with Crippen molar-refractivity contribution in [1.82, 2.24) is 9.71 Å². The zero-order valence-electron chi connectivity index (χ0n) is 21.3. The van der Waals surface area contributed by atoms with E-state index >= 15 is 0 Å². The highest BCUT2D eigenvalue weighted by atomic mass is 32.2. The Balaban J connectivity index is 1.36. The summed E-state index contributed by atoms with van der Waals surface area (Å²) >= 11 is 0. The highest BCUT2D eigenvalue weighted by Gasteiger charge is 2.33. The van der Waals surface area contributed by atoms with Gasteiger partial charge in [-0.3, -0.25) is 9.52 Å². The van der Waals surface area contributed by atoms with E-state index in [2.05, 4.69) is 21.8 Å². The molecule has 1 fully saturated rings. The molecule has 38 heavy (non-hydrogen) atoms. The molecule has 1 amide bonds. The fraction of sp³-hybridized carbons (Fsp3) is 0.357. The van der Waals surface area contributed by atoms with Crippen molar-refractivity contribution < 1.29 is 27.3 Å². The summed E-state index contributed by atoms with van der Waals surface area (Å²) in [5.41, 5.74) is 6.93. The average Bonchev–Trinajstić information content (AvgIpc) is 3.44. The number of carbonyl (C=O) groups is 1. The van der Waals surface area contributed by atoms with Gasteiger partial charge in [0, 0.05) is 41.5 Å². The van der Waals surface area contributed by atoms with E-state index in [0.717, 1.165) is 35.2 Å². The molecule has 0 radical (unpaired) electrons. The smallest absolute Gasteiger partial charge is 0.233 e. The lowest BCUT2D eigenvalue weighted by atomic mass is 9.89. The van der Waals surface area contributed by atoms with Crippen LogP contribution in [0.5, 0.6) is 11.6 Å². The van der Waals surface area contributed by atoms with Crippen molar-refractivity contribution in [2.24, 2.45) is 0 Å². The average molecular weight is 555 g/mol. The van der Waals surface area contributed by atoms with Gasteiger partial charge in [0.25, 0.3) is 0 Å². The number of nitrogens with zero attached hydrogens (tertiary/aromatic N) is 1. The van der Waals surface area contributed by atoms with Gasteiger partial charge in [0.1, 0.15) is 26.6 Å². The number of aromatic nitrogens is 1. The van der Waals surface area contributed by atoms with E-state index in [1.165, 1.54) is 17.4 Å². The van der Waals surface area contributed by atoms with E-state index in [1.807, 2.05) is 31.2 Å². The number of phenols is 1. The van der Waals surface area contributed by atoms with Crippen molar-refractivity contribution in [2.75, 3.05) is 18.6 Å². The van der Waals surface area contributed by atoms with Gasteiger partial charge < -0.3 is 9.84 Å². The lowest BCUT2D eigenvalue weighted by Crippen LogP contribution is -2.15. The van der Waals surface area contributed by atoms with E-state index in [4.69, 9.17) is 4.74 Å². The Morgan fingerprint density at radius 1 is 1.13 bits per heavy atom. The van der Waals surface area contributed by atoms with E-state index < -0.39 is 26.1 Å². The number of carbonyl (C=O) groups excluding carboxylic acids is 1. The molecule has 1 aliphatic carbocycles. The lowest BCUT2D eigenvalue weighted by Gasteiger charge is -2.17. The molecule has 0 spiro atoms. The summed E-state index contributed by atoms with van der Waals surface area (Å²) in [6, 6.07) is 15.6. The molecule has 3 unspecified atom stereocenters. The van der Waals surface area contributed by atoms with Crippen molar-refractivity contribution >= 4 is 26.7 Å². The molecular weight excluding hydrogens is 524 g/mol. The monoisotopic (exact) mass is 554 g/mol. The predicted molar refractivity (Wildman–Crippen MR) is 146 cm³/mol. The third kappa shape index (κ3) is 5.47. The first-order valence-electron chi connectivity index (χ1n) is 12.5. The molecule has 8 nitrogen and oxygen atoms in total. The molecule has 200 valence electrons. The molecule has 2 N–H and O–H groups in total. The Hall–Kier alpha value is -3.24. The molecule has 3 atom stereocenters. The van der Waals surface area contributed by atoms with Crippen LogP contribution in [0.4, 0.5) is 0 Å². The lowest BCUT2D eigenvalue weighted by molar-refractivity contribution is -0.118. The number of hydrogen-bond donors (Lipinski definition) is 2. The van der Waals surface area contributed by atoms with Gasteiger partial charge in [-0.05, 0) is 60.6 Å². The third-order valence-electron chi connectivity index (χ3n) is 7.18. The number of hydrogen-bond acceptors (Lipinski definition) is 7. The number of fused-ring (bicyclic) bond motifs is 1. The zero-order valence-corrected chi connectivity index (χ0v) is 22.9. The molecule has 2 heterocycles. The Kier molecular flexibility index (Phi) is 7.28. The molecule has 1 aliphatic heterocycles. The third-order valence-corrected chi connectivity index (χ3v) is 9.57. The minimum atomic E-state index is -3.01. The van der Waals surface area contributed by atoms with Crippen LogP contribution in [0.2, 0.25) is 0 Å². The van der Waals surface area contributed by atoms with Crippen LogP contribution in [0.15, 0.2) is 48.5 Å². The van der Waals surface area contributed by atoms with Gasteiger partial charge in [-0.2, -0.15) is 0 Å². The van der Waals surface area contributed by atoms with E-state index in [0.29, 0.717) is 17.9 Å². The number of aryl methyl sites for hydroxylation is 1. The van der Waals surface area contributed by atoms with Crippen LogP contribution in [0, 0.1) is 6.92 Å². The quantitative estimate of drug-likeness (QED) is 0.405. The number of aromatic hydroxyl groups is 1. The Labute approximate surface area is 225 Å². The molecule has 2 aliphatic rings.